The summed E-state index contributed by atoms with van der Waals surface area (Å²) in [5.74, 6) is 0.406. The third kappa shape index (κ3) is 4.15. The average molecular weight is 367 g/mol. The van der Waals surface area contributed by atoms with Gasteiger partial charge in [-0.15, -0.1) is 0 Å². The number of nitrogens with one attached hydrogen (secondary N) is 1. The molecule has 7 heteroatoms. The molecule has 0 bridgehead atoms. The molecule has 27 heavy (non-hydrogen) atoms. The molecule has 0 spiro atoms. The van der Waals surface area contributed by atoms with Crippen LogP contribution in [-0.2, 0) is 17.8 Å². The molecule has 0 saturated heterocycles. The molecule has 0 saturated carbocycles. The molecule has 0 fully saturated rings. The van der Waals surface area contributed by atoms with E-state index in [9.17, 15) is 9.59 Å². The summed E-state index contributed by atoms with van der Waals surface area (Å²) in [6, 6.07) is 14.4. The van der Waals surface area contributed by atoms with E-state index in [-0.39, 0.29) is 17.9 Å². The fraction of sp³-hybridized carbons (Fsp3) is 0.250. The van der Waals surface area contributed by atoms with E-state index in [1.807, 2.05) is 24.3 Å². The van der Waals surface area contributed by atoms with Crippen molar-refractivity contribution < 1.29 is 14.3 Å². The SMILES string of the molecule is COCCn1c(C(=O)NCc2ccc(OC)cc2)nc2ccccc2c1=O. The number of carbonyl (C=O) groups is 1. The molecule has 3 rings (SSSR count). The zero-order valence-corrected chi connectivity index (χ0v) is 15.3. The normalized spacial score (nSPS) is 10.7. The number of rotatable bonds is 7. The maximum absolute atomic E-state index is 12.8. The lowest BCUT2D eigenvalue weighted by Gasteiger charge is -2.13. The molecule has 1 N–H and O–H groups in total. The summed E-state index contributed by atoms with van der Waals surface area (Å²) in [5.41, 5.74) is 1.15. The first-order valence-electron chi connectivity index (χ1n) is 8.53. The smallest absolute Gasteiger partial charge is 0.287 e. The van der Waals surface area contributed by atoms with Gasteiger partial charge in [-0.2, -0.15) is 0 Å². The minimum absolute atomic E-state index is 0.0734. The molecule has 1 amide bonds. The Bertz CT molecular complexity index is 996. The van der Waals surface area contributed by atoms with Crippen LogP contribution in [0.3, 0.4) is 0 Å². The van der Waals surface area contributed by atoms with E-state index in [4.69, 9.17) is 9.47 Å². The second-order valence-corrected chi connectivity index (χ2v) is 5.93. The third-order valence-electron chi connectivity index (χ3n) is 4.20. The highest BCUT2D eigenvalue weighted by molar-refractivity contribution is 5.93. The largest absolute Gasteiger partial charge is 0.497 e. The molecule has 140 valence electrons. The number of hydrogen-bond donors (Lipinski definition) is 1. The van der Waals surface area contributed by atoms with Gasteiger partial charge < -0.3 is 14.8 Å². The highest BCUT2D eigenvalue weighted by atomic mass is 16.5. The number of aromatic nitrogens is 2. The molecule has 0 aliphatic heterocycles. The van der Waals surface area contributed by atoms with E-state index >= 15 is 0 Å². The Balaban J connectivity index is 1.88. The lowest BCUT2D eigenvalue weighted by Crippen LogP contribution is -2.34. The van der Waals surface area contributed by atoms with Crippen LogP contribution in [0.1, 0.15) is 16.2 Å². The standard InChI is InChI=1S/C20H21N3O4/c1-26-12-11-23-18(22-17-6-4-3-5-16(17)20(23)25)19(24)21-13-14-7-9-15(27-2)10-8-14/h3-10H,11-13H2,1-2H3,(H,21,24). The van der Waals surface area contributed by atoms with Gasteiger partial charge in [0.25, 0.3) is 11.5 Å². The fourth-order valence-electron chi connectivity index (χ4n) is 2.74. The minimum Gasteiger partial charge on any atom is -0.497 e. The van der Waals surface area contributed by atoms with E-state index in [0.717, 1.165) is 11.3 Å². The zero-order valence-electron chi connectivity index (χ0n) is 15.3. The predicted octanol–water partition coefficient (Wildman–Crippen LogP) is 1.98. The summed E-state index contributed by atoms with van der Waals surface area (Å²) >= 11 is 0. The number of benzene rings is 2. The molecule has 3 aromatic rings. The van der Waals surface area contributed by atoms with Crippen molar-refractivity contribution >= 4 is 16.8 Å². The molecule has 0 atom stereocenters. The summed E-state index contributed by atoms with van der Waals surface area (Å²) < 4.78 is 11.5. The van der Waals surface area contributed by atoms with Crippen LogP contribution in [0.5, 0.6) is 5.75 Å². The molecule has 0 aliphatic carbocycles. The van der Waals surface area contributed by atoms with Gasteiger partial charge in [0.15, 0.2) is 0 Å². The van der Waals surface area contributed by atoms with E-state index in [1.165, 1.54) is 4.57 Å². The average Bonchev–Trinajstić information content (AvgIpc) is 2.71. The van der Waals surface area contributed by atoms with Gasteiger partial charge in [0.1, 0.15) is 5.75 Å². The van der Waals surface area contributed by atoms with Gasteiger partial charge in [-0.05, 0) is 29.8 Å². The van der Waals surface area contributed by atoms with Crippen LogP contribution in [-0.4, -0.2) is 36.3 Å². The number of nitrogens with zero attached hydrogens (tertiary/aromatic N) is 2. The number of hydrogen-bond acceptors (Lipinski definition) is 5. The lowest BCUT2D eigenvalue weighted by atomic mass is 10.2. The Morgan fingerprint density at radius 1 is 1.11 bits per heavy atom. The van der Waals surface area contributed by atoms with Crippen LogP contribution in [0, 0.1) is 0 Å². The van der Waals surface area contributed by atoms with Crippen molar-refractivity contribution in [3.63, 3.8) is 0 Å². The van der Waals surface area contributed by atoms with Crippen LogP contribution in [0.2, 0.25) is 0 Å². The number of carbonyl (C=O) groups excluding carboxylic acids is 1. The molecule has 0 radical (unpaired) electrons. The molecule has 0 aliphatic rings. The molecular weight excluding hydrogens is 346 g/mol. The first kappa shape index (κ1) is 18.6. The fourth-order valence-corrected chi connectivity index (χ4v) is 2.74. The number of fused-ring (bicyclic) bond motifs is 1. The van der Waals surface area contributed by atoms with Gasteiger partial charge in [-0.1, -0.05) is 24.3 Å². The van der Waals surface area contributed by atoms with Gasteiger partial charge >= 0.3 is 0 Å². The predicted molar refractivity (Wildman–Crippen MR) is 102 cm³/mol. The number of methoxy groups -OCH3 is 2. The van der Waals surface area contributed by atoms with Crippen LogP contribution in [0.25, 0.3) is 10.9 Å². The second kappa shape index (κ2) is 8.46. The van der Waals surface area contributed by atoms with Gasteiger partial charge in [-0.25, -0.2) is 4.98 Å². The topological polar surface area (TPSA) is 82.4 Å². The molecule has 0 unspecified atom stereocenters. The summed E-state index contributed by atoms with van der Waals surface area (Å²) in [6.07, 6.45) is 0. The highest BCUT2D eigenvalue weighted by Gasteiger charge is 2.17. The van der Waals surface area contributed by atoms with Crippen molar-refractivity contribution in [3.05, 3.63) is 70.3 Å². The van der Waals surface area contributed by atoms with Crippen LogP contribution in [0.15, 0.2) is 53.3 Å². The third-order valence-corrected chi connectivity index (χ3v) is 4.20. The first-order valence-corrected chi connectivity index (χ1v) is 8.53. The van der Waals surface area contributed by atoms with E-state index in [0.29, 0.717) is 24.1 Å². The summed E-state index contributed by atoms with van der Waals surface area (Å²) in [7, 11) is 3.14. The van der Waals surface area contributed by atoms with Gasteiger partial charge in [-0.3, -0.25) is 14.2 Å². The van der Waals surface area contributed by atoms with Gasteiger partial charge in [0.05, 0.1) is 31.2 Å². The lowest BCUT2D eigenvalue weighted by molar-refractivity contribution is 0.0931. The maximum Gasteiger partial charge on any atom is 0.287 e. The second-order valence-electron chi connectivity index (χ2n) is 5.93. The summed E-state index contributed by atoms with van der Waals surface area (Å²) in [6.45, 7) is 0.868. The molecule has 1 heterocycles. The van der Waals surface area contributed by atoms with Crippen molar-refractivity contribution in [2.75, 3.05) is 20.8 Å². The molecular formula is C20H21N3O4. The highest BCUT2D eigenvalue weighted by Crippen LogP contribution is 2.12. The van der Waals surface area contributed by atoms with Gasteiger partial charge in [0, 0.05) is 13.7 Å². The first-order chi connectivity index (χ1) is 13.1. The summed E-state index contributed by atoms with van der Waals surface area (Å²) in [4.78, 5) is 29.9. The van der Waals surface area contributed by atoms with E-state index < -0.39 is 5.91 Å². The minimum atomic E-state index is -0.412. The van der Waals surface area contributed by atoms with Crippen LogP contribution < -0.4 is 15.6 Å². The number of ether oxygens (including phenoxy) is 2. The monoisotopic (exact) mass is 367 g/mol. The Hall–Kier alpha value is -3.19. The Morgan fingerprint density at radius 3 is 2.56 bits per heavy atom. The molecule has 7 nitrogen and oxygen atoms in total. The zero-order chi connectivity index (χ0) is 19.2. The quantitative estimate of drug-likeness (QED) is 0.690. The van der Waals surface area contributed by atoms with Gasteiger partial charge in [0.2, 0.25) is 5.82 Å². The molecule has 1 aromatic heterocycles. The maximum atomic E-state index is 12.8. The van der Waals surface area contributed by atoms with E-state index in [1.54, 1.807) is 38.5 Å². The van der Waals surface area contributed by atoms with Crippen molar-refractivity contribution in [1.29, 1.82) is 0 Å². The van der Waals surface area contributed by atoms with Crippen molar-refractivity contribution in [2.24, 2.45) is 0 Å². The number of para-hydroxylation sites is 1. The Labute approximate surface area is 156 Å². The van der Waals surface area contributed by atoms with Crippen LogP contribution >= 0.6 is 0 Å². The van der Waals surface area contributed by atoms with Crippen molar-refractivity contribution in [1.82, 2.24) is 14.9 Å². The molecule has 2 aromatic carbocycles. The summed E-state index contributed by atoms with van der Waals surface area (Å²) in [5, 5.41) is 3.29. The Kier molecular flexibility index (Phi) is 5.83. The van der Waals surface area contributed by atoms with Crippen LogP contribution in [0.4, 0.5) is 0 Å². The number of amides is 1. The van der Waals surface area contributed by atoms with Crippen molar-refractivity contribution in [3.8, 4) is 5.75 Å². The Morgan fingerprint density at radius 2 is 1.85 bits per heavy atom. The van der Waals surface area contributed by atoms with E-state index in [2.05, 4.69) is 10.3 Å². The van der Waals surface area contributed by atoms with Crippen molar-refractivity contribution in [2.45, 2.75) is 13.1 Å².